The fraction of sp³-hybridized carbons (Fsp3) is 0.714. The van der Waals surface area contributed by atoms with E-state index in [-0.39, 0.29) is 0 Å². The van der Waals surface area contributed by atoms with Crippen LogP contribution < -0.4 is 0 Å². The molecule has 0 spiro atoms. The van der Waals surface area contributed by atoms with Crippen LogP contribution in [0.2, 0.25) is 0 Å². The number of amides is 1. The van der Waals surface area contributed by atoms with Crippen molar-refractivity contribution in [3.8, 4) is 5.69 Å². The van der Waals surface area contributed by atoms with Crippen LogP contribution in [0.1, 0.15) is 77.5 Å². The second-order valence-corrected chi connectivity index (χ2v) is 12.2. The Morgan fingerprint density at radius 2 is 1.76 bits per heavy atom. The van der Waals surface area contributed by atoms with Gasteiger partial charge in [0.2, 0.25) is 5.91 Å². The van der Waals surface area contributed by atoms with Crippen molar-refractivity contribution in [3.05, 3.63) is 36.2 Å². The van der Waals surface area contributed by atoms with E-state index in [9.17, 15) is 4.79 Å². The SMILES string of the molecule is CN1C(=O)CC[C@]2(C)[C@H]3CC[C@]4(C)[C@@H](CCc5nnnn5-c5ccccc5)CC[C@H]4[C@@H]3CC[C@@H]12. The van der Waals surface area contributed by atoms with Crippen LogP contribution in [-0.4, -0.2) is 44.1 Å². The van der Waals surface area contributed by atoms with Crippen LogP contribution in [0.3, 0.4) is 0 Å². The van der Waals surface area contributed by atoms with Gasteiger partial charge in [0, 0.05) is 25.9 Å². The lowest BCUT2D eigenvalue weighted by Gasteiger charge is -2.62. The van der Waals surface area contributed by atoms with Gasteiger partial charge in [-0.2, -0.15) is 4.68 Å². The highest BCUT2D eigenvalue weighted by Crippen LogP contribution is 2.66. The fourth-order valence-corrected chi connectivity index (χ4v) is 9.17. The molecule has 34 heavy (non-hydrogen) atoms. The van der Waals surface area contributed by atoms with E-state index >= 15 is 0 Å². The molecule has 6 rings (SSSR count). The minimum absolute atomic E-state index is 0.308. The zero-order valence-corrected chi connectivity index (χ0v) is 21.0. The number of tetrazole rings is 1. The highest BCUT2D eigenvalue weighted by Gasteiger charge is 2.60. The lowest BCUT2D eigenvalue weighted by Crippen LogP contribution is -2.61. The van der Waals surface area contributed by atoms with E-state index in [0.717, 1.165) is 54.4 Å². The number of piperidine rings is 1. The van der Waals surface area contributed by atoms with Crippen molar-refractivity contribution in [2.24, 2.45) is 34.5 Å². The fourth-order valence-electron chi connectivity index (χ4n) is 9.17. The molecular weight excluding hydrogens is 422 g/mol. The average Bonchev–Trinajstić information content (AvgIpc) is 3.45. The maximum atomic E-state index is 12.4. The van der Waals surface area contributed by atoms with Crippen molar-refractivity contribution in [1.82, 2.24) is 25.1 Å². The number of aryl methyl sites for hydroxylation is 1. The normalized spacial score (nSPS) is 39.4. The first-order valence-corrected chi connectivity index (χ1v) is 13.5. The Morgan fingerprint density at radius 3 is 2.59 bits per heavy atom. The number of hydrogen-bond donors (Lipinski definition) is 0. The first kappa shape index (κ1) is 22.2. The molecule has 3 saturated carbocycles. The van der Waals surface area contributed by atoms with Gasteiger partial charge in [-0.1, -0.05) is 32.0 Å². The minimum Gasteiger partial charge on any atom is -0.342 e. The Labute approximate surface area is 203 Å². The van der Waals surface area contributed by atoms with Gasteiger partial charge >= 0.3 is 0 Å². The third kappa shape index (κ3) is 3.27. The number of rotatable bonds is 4. The Balaban J connectivity index is 1.18. The van der Waals surface area contributed by atoms with Crippen LogP contribution in [0.15, 0.2) is 30.3 Å². The molecule has 1 aromatic heterocycles. The van der Waals surface area contributed by atoms with E-state index in [2.05, 4.69) is 53.5 Å². The van der Waals surface area contributed by atoms with Crippen molar-refractivity contribution >= 4 is 5.91 Å². The van der Waals surface area contributed by atoms with Gasteiger partial charge in [0.15, 0.2) is 5.82 Å². The number of aromatic nitrogens is 4. The summed E-state index contributed by atoms with van der Waals surface area (Å²) in [6.45, 7) is 5.13. The van der Waals surface area contributed by atoms with Gasteiger partial charge in [-0.3, -0.25) is 4.79 Å². The molecule has 0 radical (unpaired) electrons. The lowest BCUT2D eigenvalue weighted by atomic mass is 9.46. The van der Waals surface area contributed by atoms with Gasteiger partial charge in [0.25, 0.3) is 0 Å². The van der Waals surface area contributed by atoms with Gasteiger partial charge < -0.3 is 4.90 Å². The van der Waals surface area contributed by atoms with Gasteiger partial charge in [0.05, 0.1) is 5.69 Å². The summed E-state index contributed by atoms with van der Waals surface area (Å²) in [5.41, 5.74) is 1.79. The predicted octanol–water partition coefficient (Wildman–Crippen LogP) is 5.07. The lowest BCUT2D eigenvalue weighted by molar-refractivity contribution is -0.158. The molecule has 182 valence electrons. The van der Waals surface area contributed by atoms with Crippen molar-refractivity contribution in [2.45, 2.75) is 84.1 Å². The molecule has 1 amide bonds. The van der Waals surface area contributed by atoms with Crippen molar-refractivity contribution < 1.29 is 4.79 Å². The number of para-hydroxylation sites is 1. The van der Waals surface area contributed by atoms with Crippen LogP contribution in [0.4, 0.5) is 0 Å². The molecule has 3 aliphatic carbocycles. The number of carbonyl (C=O) groups is 1. The van der Waals surface area contributed by atoms with Crippen molar-refractivity contribution in [1.29, 1.82) is 0 Å². The first-order valence-electron chi connectivity index (χ1n) is 13.5. The molecular formula is C28H39N5O. The summed E-state index contributed by atoms with van der Waals surface area (Å²) >= 11 is 0. The molecule has 4 fully saturated rings. The molecule has 6 nitrogen and oxygen atoms in total. The number of hydrogen-bond acceptors (Lipinski definition) is 4. The van der Waals surface area contributed by atoms with E-state index in [4.69, 9.17) is 0 Å². The zero-order valence-electron chi connectivity index (χ0n) is 21.0. The Kier molecular flexibility index (Phi) is 5.34. The quantitative estimate of drug-likeness (QED) is 0.637. The van der Waals surface area contributed by atoms with Crippen molar-refractivity contribution in [2.75, 3.05) is 7.05 Å². The molecule has 0 unspecified atom stereocenters. The Hall–Kier alpha value is -2.24. The van der Waals surface area contributed by atoms with Crippen LogP contribution in [0.25, 0.3) is 5.69 Å². The number of nitrogens with zero attached hydrogens (tertiary/aromatic N) is 5. The minimum atomic E-state index is 0.308. The molecule has 0 bridgehead atoms. The van der Waals surface area contributed by atoms with Gasteiger partial charge in [-0.15, -0.1) is 5.10 Å². The summed E-state index contributed by atoms with van der Waals surface area (Å²) < 4.78 is 1.91. The third-order valence-electron chi connectivity index (χ3n) is 11.0. The summed E-state index contributed by atoms with van der Waals surface area (Å²) in [6.07, 6.45) is 11.9. The van der Waals surface area contributed by atoms with Gasteiger partial charge in [-0.05, 0) is 108 Å². The van der Waals surface area contributed by atoms with E-state index in [1.54, 1.807) is 0 Å². The maximum Gasteiger partial charge on any atom is 0.222 e. The number of carbonyl (C=O) groups excluding carboxylic acids is 1. The highest BCUT2D eigenvalue weighted by molar-refractivity contribution is 5.77. The van der Waals surface area contributed by atoms with E-state index in [0.29, 0.717) is 22.8 Å². The van der Waals surface area contributed by atoms with Gasteiger partial charge in [0.1, 0.15) is 0 Å². The Bertz CT molecular complexity index is 1050. The largest absolute Gasteiger partial charge is 0.342 e. The van der Waals surface area contributed by atoms with Gasteiger partial charge in [-0.25, -0.2) is 0 Å². The summed E-state index contributed by atoms with van der Waals surface area (Å²) in [4.78, 5) is 14.5. The number of fused-ring (bicyclic) bond motifs is 5. The summed E-state index contributed by atoms with van der Waals surface area (Å²) in [5, 5.41) is 12.6. The monoisotopic (exact) mass is 461 g/mol. The molecule has 7 atom stereocenters. The summed E-state index contributed by atoms with van der Waals surface area (Å²) in [6, 6.07) is 10.7. The third-order valence-corrected chi connectivity index (χ3v) is 11.0. The second-order valence-electron chi connectivity index (χ2n) is 12.2. The molecule has 0 N–H and O–H groups in total. The molecule has 1 saturated heterocycles. The first-order chi connectivity index (χ1) is 16.4. The van der Waals surface area contributed by atoms with Crippen LogP contribution in [-0.2, 0) is 11.2 Å². The van der Waals surface area contributed by atoms with Crippen LogP contribution in [0, 0.1) is 34.5 Å². The number of likely N-dealkylation sites (tertiary alicyclic amines) is 1. The summed E-state index contributed by atoms with van der Waals surface area (Å²) in [5.74, 6) is 4.54. The smallest absolute Gasteiger partial charge is 0.222 e. The molecule has 2 aromatic rings. The predicted molar refractivity (Wildman–Crippen MR) is 131 cm³/mol. The molecule has 4 aliphatic rings. The standard InChI is InChI=1S/C28H39N5O/c1-27-17-15-23-21(11-13-24-28(23,2)18-16-26(34)32(24)3)22(27)12-9-19(27)10-14-25-29-30-31-33(25)20-7-5-4-6-8-20/h4-8,19,21-24H,9-18H2,1-3H3/t19-,21+,22+,23+,24-,27-,28-/m1/s1. The van der Waals surface area contributed by atoms with E-state index in [1.165, 1.54) is 44.9 Å². The highest BCUT2D eigenvalue weighted by atomic mass is 16.2. The molecule has 1 aliphatic heterocycles. The zero-order chi connectivity index (χ0) is 23.5. The summed E-state index contributed by atoms with van der Waals surface area (Å²) in [7, 11) is 2.06. The molecule has 2 heterocycles. The molecule has 1 aromatic carbocycles. The van der Waals surface area contributed by atoms with E-state index in [1.807, 2.05) is 22.9 Å². The molecule has 6 heteroatoms. The number of benzene rings is 1. The van der Waals surface area contributed by atoms with Crippen LogP contribution in [0.5, 0.6) is 0 Å². The van der Waals surface area contributed by atoms with E-state index < -0.39 is 0 Å². The Morgan fingerprint density at radius 1 is 0.971 bits per heavy atom. The van der Waals surface area contributed by atoms with Crippen LogP contribution >= 0.6 is 0 Å². The van der Waals surface area contributed by atoms with Crippen molar-refractivity contribution in [3.63, 3.8) is 0 Å². The average molecular weight is 462 g/mol. The topological polar surface area (TPSA) is 63.9 Å². The maximum absolute atomic E-state index is 12.4. The second kappa shape index (κ2) is 8.17.